The predicted molar refractivity (Wildman–Crippen MR) is 73.9 cm³/mol. The summed E-state index contributed by atoms with van der Waals surface area (Å²) in [6.45, 7) is 2.79. The van der Waals surface area contributed by atoms with Crippen LogP contribution < -0.4 is 0 Å². The van der Waals surface area contributed by atoms with E-state index < -0.39 is 5.82 Å². The average molecular weight is 278 g/mol. The zero-order valence-corrected chi connectivity index (χ0v) is 11.7. The Kier molecular flexibility index (Phi) is 4.39. The maximum Gasteiger partial charge on any atom is 0.179 e. The Morgan fingerprint density at radius 2 is 2.16 bits per heavy atom. The van der Waals surface area contributed by atoms with Gasteiger partial charge in [0.05, 0.1) is 23.3 Å². The van der Waals surface area contributed by atoms with E-state index in [1.165, 1.54) is 12.1 Å². The van der Waals surface area contributed by atoms with Crippen molar-refractivity contribution in [2.24, 2.45) is 0 Å². The lowest BCUT2D eigenvalue weighted by Crippen LogP contribution is -2.26. The normalized spacial score (nSPS) is 10.9. The van der Waals surface area contributed by atoms with Crippen molar-refractivity contribution >= 4 is 17.1 Å². The zero-order chi connectivity index (χ0) is 13.8. The number of carbonyl (C=O) groups is 1. The monoisotopic (exact) mass is 278 g/mol. The van der Waals surface area contributed by atoms with E-state index in [9.17, 15) is 9.18 Å². The third kappa shape index (κ3) is 3.45. The Morgan fingerprint density at radius 3 is 2.79 bits per heavy atom. The second-order valence-electron chi connectivity index (χ2n) is 4.44. The summed E-state index contributed by atoms with van der Waals surface area (Å²) in [6.07, 6.45) is 0. The maximum atomic E-state index is 13.5. The van der Waals surface area contributed by atoms with Crippen LogP contribution >= 0.6 is 11.3 Å². The van der Waals surface area contributed by atoms with E-state index in [4.69, 9.17) is 0 Å². The highest BCUT2D eigenvalue weighted by molar-refractivity contribution is 7.09. The number of hydrogen-bond acceptors (Lipinski definition) is 4. The van der Waals surface area contributed by atoms with Crippen LogP contribution in [0.25, 0.3) is 0 Å². The first kappa shape index (κ1) is 13.8. The predicted octanol–water partition coefficient (Wildman–Crippen LogP) is 2.91. The van der Waals surface area contributed by atoms with Gasteiger partial charge in [0.1, 0.15) is 5.82 Å². The van der Waals surface area contributed by atoms with Gasteiger partial charge in [0.2, 0.25) is 0 Å². The SMILES string of the molecule is Cc1ncsc1CN(C)CC(=O)c1ccccc1F. The van der Waals surface area contributed by atoms with Crippen LogP contribution in [0.15, 0.2) is 29.8 Å². The maximum absolute atomic E-state index is 13.5. The third-order valence-electron chi connectivity index (χ3n) is 2.85. The second-order valence-corrected chi connectivity index (χ2v) is 5.38. The molecule has 19 heavy (non-hydrogen) atoms. The standard InChI is InChI=1S/C14H15FN2OS/c1-10-14(19-9-16-10)8-17(2)7-13(18)11-5-3-4-6-12(11)15/h3-6,9H,7-8H2,1-2H3. The summed E-state index contributed by atoms with van der Waals surface area (Å²) < 4.78 is 13.5. The third-order valence-corrected chi connectivity index (χ3v) is 3.77. The van der Waals surface area contributed by atoms with Crippen molar-refractivity contribution in [3.8, 4) is 0 Å². The van der Waals surface area contributed by atoms with Crippen LogP contribution in [0.2, 0.25) is 0 Å². The fourth-order valence-corrected chi connectivity index (χ4v) is 2.65. The molecule has 0 radical (unpaired) electrons. The highest BCUT2D eigenvalue weighted by Crippen LogP contribution is 2.15. The molecule has 2 aromatic rings. The Labute approximate surface area is 115 Å². The van der Waals surface area contributed by atoms with Crippen LogP contribution in [-0.4, -0.2) is 29.3 Å². The van der Waals surface area contributed by atoms with Gasteiger partial charge in [-0.25, -0.2) is 9.37 Å². The minimum Gasteiger partial charge on any atom is -0.294 e. The molecular formula is C14H15FN2OS. The first-order valence-corrected chi connectivity index (χ1v) is 6.81. The van der Waals surface area contributed by atoms with Crippen molar-refractivity contribution in [2.45, 2.75) is 13.5 Å². The number of aryl methyl sites for hydroxylation is 1. The van der Waals surface area contributed by atoms with E-state index >= 15 is 0 Å². The summed E-state index contributed by atoms with van der Waals surface area (Å²) in [7, 11) is 1.85. The van der Waals surface area contributed by atoms with Gasteiger partial charge in [-0.2, -0.15) is 0 Å². The minimum absolute atomic E-state index is 0.148. The van der Waals surface area contributed by atoms with Crippen LogP contribution in [0.5, 0.6) is 0 Å². The molecule has 1 heterocycles. The lowest BCUT2D eigenvalue weighted by atomic mass is 10.1. The Morgan fingerprint density at radius 1 is 1.42 bits per heavy atom. The molecule has 0 aliphatic carbocycles. The van der Waals surface area contributed by atoms with Gasteiger partial charge < -0.3 is 0 Å². The largest absolute Gasteiger partial charge is 0.294 e. The van der Waals surface area contributed by atoms with Gasteiger partial charge in [-0.1, -0.05) is 12.1 Å². The van der Waals surface area contributed by atoms with E-state index in [0.717, 1.165) is 10.6 Å². The molecule has 0 fully saturated rings. The molecule has 0 atom stereocenters. The Balaban J connectivity index is 2.00. The van der Waals surface area contributed by atoms with Gasteiger partial charge >= 0.3 is 0 Å². The van der Waals surface area contributed by atoms with Crippen molar-refractivity contribution in [1.82, 2.24) is 9.88 Å². The van der Waals surface area contributed by atoms with E-state index in [1.807, 2.05) is 18.9 Å². The number of ketones is 1. The van der Waals surface area contributed by atoms with E-state index in [0.29, 0.717) is 6.54 Å². The number of rotatable bonds is 5. The topological polar surface area (TPSA) is 33.2 Å². The minimum atomic E-state index is -0.463. The fraction of sp³-hybridized carbons (Fsp3) is 0.286. The number of thiazole rings is 1. The highest BCUT2D eigenvalue weighted by Gasteiger charge is 2.14. The molecule has 0 spiro atoms. The molecule has 0 unspecified atom stereocenters. The molecule has 0 aliphatic rings. The summed E-state index contributed by atoms with van der Waals surface area (Å²) in [5, 5.41) is 0. The molecule has 0 N–H and O–H groups in total. The molecule has 1 aromatic carbocycles. The van der Waals surface area contributed by atoms with Crippen LogP contribution in [0, 0.1) is 12.7 Å². The van der Waals surface area contributed by atoms with Gasteiger partial charge in [0.15, 0.2) is 5.78 Å². The second kappa shape index (κ2) is 6.04. The van der Waals surface area contributed by atoms with Gasteiger partial charge in [-0.3, -0.25) is 9.69 Å². The van der Waals surface area contributed by atoms with Crippen molar-refractivity contribution in [3.05, 3.63) is 51.7 Å². The molecule has 0 aliphatic heterocycles. The Hall–Kier alpha value is -1.59. The number of likely N-dealkylation sites (N-methyl/N-ethyl adjacent to an activating group) is 1. The molecular weight excluding hydrogens is 263 g/mol. The van der Waals surface area contributed by atoms with E-state index in [-0.39, 0.29) is 17.9 Å². The number of carbonyl (C=O) groups excluding carboxylic acids is 1. The molecule has 0 bridgehead atoms. The van der Waals surface area contributed by atoms with Crippen molar-refractivity contribution in [3.63, 3.8) is 0 Å². The molecule has 100 valence electrons. The first-order chi connectivity index (χ1) is 9.08. The number of aromatic nitrogens is 1. The number of halogens is 1. The number of Topliss-reactive ketones (excluding diaryl/α,β-unsaturated/α-hetero) is 1. The first-order valence-electron chi connectivity index (χ1n) is 5.93. The zero-order valence-electron chi connectivity index (χ0n) is 10.9. The van der Waals surface area contributed by atoms with Gasteiger partial charge in [-0.05, 0) is 26.1 Å². The lowest BCUT2D eigenvalue weighted by Gasteiger charge is -2.15. The fourth-order valence-electron chi connectivity index (χ4n) is 1.80. The van der Waals surface area contributed by atoms with Crippen molar-refractivity contribution in [1.29, 1.82) is 0 Å². The Bertz CT molecular complexity index is 582. The number of hydrogen-bond donors (Lipinski definition) is 0. The summed E-state index contributed by atoms with van der Waals surface area (Å²) in [4.78, 5) is 19.2. The molecule has 0 saturated carbocycles. The molecule has 3 nitrogen and oxygen atoms in total. The molecule has 2 rings (SSSR count). The molecule has 5 heteroatoms. The lowest BCUT2D eigenvalue weighted by molar-refractivity contribution is 0.0939. The molecule has 0 amide bonds. The average Bonchev–Trinajstić information content (AvgIpc) is 2.75. The van der Waals surface area contributed by atoms with Crippen LogP contribution in [0.4, 0.5) is 4.39 Å². The van der Waals surface area contributed by atoms with Gasteiger partial charge in [0.25, 0.3) is 0 Å². The molecule has 0 saturated heterocycles. The van der Waals surface area contributed by atoms with Crippen LogP contribution in [-0.2, 0) is 6.54 Å². The van der Waals surface area contributed by atoms with Crippen molar-refractivity contribution < 1.29 is 9.18 Å². The summed E-state index contributed by atoms with van der Waals surface area (Å²) >= 11 is 1.57. The van der Waals surface area contributed by atoms with Gasteiger partial charge in [-0.15, -0.1) is 11.3 Å². The summed E-state index contributed by atoms with van der Waals surface area (Å²) in [6, 6.07) is 6.07. The number of nitrogens with zero attached hydrogens (tertiary/aromatic N) is 2. The van der Waals surface area contributed by atoms with Crippen LogP contribution in [0.1, 0.15) is 20.9 Å². The van der Waals surface area contributed by atoms with E-state index in [1.54, 1.807) is 29.0 Å². The van der Waals surface area contributed by atoms with Crippen LogP contribution in [0.3, 0.4) is 0 Å². The highest BCUT2D eigenvalue weighted by atomic mass is 32.1. The smallest absolute Gasteiger partial charge is 0.179 e. The quantitative estimate of drug-likeness (QED) is 0.788. The van der Waals surface area contributed by atoms with E-state index in [2.05, 4.69) is 4.98 Å². The molecule has 1 aromatic heterocycles. The summed E-state index contributed by atoms with van der Waals surface area (Å²) in [5.74, 6) is -0.669. The van der Waals surface area contributed by atoms with Gasteiger partial charge in [0, 0.05) is 11.4 Å². The van der Waals surface area contributed by atoms with Crippen molar-refractivity contribution in [2.75, 3.05) is 13.6 Å². The number of benzene rings is 1. The summed E-state index contributed by atoms with van der Waals surface area (Å²) in [5.41, 5.74) is 2.92.